The Balaban J connectivity index is 1.56. The average Bonchev–Trinajstić information content (AvgIpc) is 3.09. The summed E-state index contributed by atoms with van der Waals surface area (Å²) in [5.41, 5.74) is 1.27. The van der Waals surface area contributed by atoms with Gasteiger partial charge in [-0.05, 0) is 30.5 Å². The molecule has 7 nitrogen and oxygen atoms in total. The second-order valence-electron chi connectivity index (χ2n) is 6.31. The zero-order valence-corrected chi connectivity index (χ0v) is 14.3. The Labute approximate surface area is 147 Å². The highest BCUT2D eigenvalue weighted by Crippen LogP contribution is 2.24. The first-order chi connectivity index (χ1) is 12.1. The van der Waals surface area contributed by atoms with Gasteiger partial charge in [-0.3, -0.25) is 4.79 Å². The molecule has 2 heterocycles. The number of para-hydroxylation sites is 1. The van der Waals surface area contributed by atoms with Crippen molar-refractivity contribution in [3.05, 3.63) is 42.6 Å². The van der Waals surface area contributed by atoms with Crippen molar-refractivity contribution in [3.8, 4) is 0 Å². The van der Waals surface area contributed by atoms with Crippen molar-refractivity contribution >= 4 is 23.4 Å². The number of carbonyl (C=O) groups is 1. The average molecular weight is 341 g/mol. The normalized spacial score (nSPS) is 16.7. The summed E-state index contributed by atoms with van der Waals surface area (Å²) >= 11 is 0. The van der Waals surface area contributed by atoms with Gasteiger partial charge in [-0.1, -0.05) is 18.2 Å². The van der Waals surface area contributed by atoms with E-state index in [4.69, 9.17) is 5.11 Å². The zero-order valence-electron chi connectivity index (χ0n) is 14.3. The fraction of sp³-hybridized carbons (Fsp3) is 0.389. The molecule has 0 radical (unpaired) electrons. The van der Waals surface area contributed by atoms with Crippen molar-refractivity contribution in [1.29, 1.82) is 0 Å². The molecule has 1 saturated heterocycles. The van der Waals surface area contributed by atoms with Crippen LogP contribution in [0.3, 0.4) is 0 Å². The first-order valence-corrected chi connectivity index (χ1v) is 8.41. The van der Waals surface area contributed by atoms with Gasteiger partial charge in [0.1, 0.15) is 12.4 Å². The number of nitrogens with one attached hydrogen (secondary N) is 1. The van der Waals surface area contributed by atoms with E-state index < -0.39 is 5.97 Å². The van der Waals surface area contributed by atoms with E-state index in [1.165, 1.54) is 5.69 Å². The molecule has 1 atom stereocenters. The van der Waals surface area contributed by atoms with Gasteiger partial charge in [0.25, 0.3) is 0 Å². The fourth-order valence-electron chi connectivity index (χ4n) is 3.12. The number of aliphatic carboxylic acids is 1. The van der Waals surface area contributed by atoms with E-state index in [-0.39, 0.29) is 6.54 Å². The Kier molecular flexibility index (Phi) is 5.33. The topological polar surface area (TPSA) is 81.6 Å². The van der Waals surface area contributed by atoms with Crippen LogP contribution < -0.4 is 15.1 Å². The Morgan fingerprint density at radius 3 is 2.92 bits per heavy atom. The first-order valence-electron chi connectivity index (χ1n) is 8.41. The highest BCUT2D eigenvalue weighted by molar-refractivity contribution is 5.72. The molecule has 1 aliphatic heterocycles. The highest BCUT2D eigenvalue weighted by atomic mass is 16.4. The Hall–Kier alpha value is -2.83. The van der Waals surface area contributed by atoms with Crippen LogP contribution in [0.5, 0.6) is 0 Å². The molecular formula is C18H23N5O2. The van der Waals surface area contributed by atoms with Gasteiger partial charge >= 0.3 is 5.97 Å². The number of hydrogen-bond acceptors (Lipinski definition) is 6. The van der Waals surface area contributed by atoms with Crippen LogP contribution in [0.15, 0.2) is 42.6 Å². The van der Waals surface area contributed by atoms with E-state index >= 15 is 0 Å². The van der Waals surface area contributed by atoms with Gasteiger partial charge in [-0.15, -0.1) is 0 Å². The predicted molar refractivity (Wildman–Crippen MR) is 98.2 cm³/mol. The zero-order chi connectivity index (χ0) is 17.6. The predicted octanol–water partition coefficient (Wildman–Crippen LogP) is 1.94. The van der Waals surface area contributed by atoms with E-state index in [1.807, 2.05) is 18.0 Å². The Bertz CT molecular complexity index is 710. The second kappa shape index (κ2) is 7.83. The fourth-order valence-corrected chi connectivity index (χ4v) is 3.12. The summed E-state index contributed by atoms with van der Waals surface area (Å²) in [6, 6.07) is 12.1. The van der Waals surface area contributed by atoms with Gasteiger partial charge in [0, 0.05) is 38.6 Å². The molecule has 1 aromatic carbocycles. The number of aromatic nitrogens is 2. The van der Waals surface area contributed by atoms with Gasteiger partial charge in [0.2, 0.25) is 5.95 Å². The minimum Gasteiger partial charge on any atom is -0.480 e. The van der Waals surface area contributed by atoms with Crippen LogP contribution in [-0.4, -0.2) is 54.3 Å². The summed E-state index contributed by atoms with van der Waals surface area (Å²) in [6.07, 6.45) is 2.78. The third-order valence-electron chi connectivity index (χ3n) is 4.34. The molecule has 0 aliphatic carbocycles. The maximum Gasteiger partial charge on any atom is 0.322 e. The second-order valence-corrected chi connectivity index (χ2v) is 6.31. The summed E-state index contributed by atoms with van der Waals surface area (Å²) < 4.78 is 0. The molecule has 132 valence electrons. The molecule has 25 heavy (non-hydrogen) atoms. The van der Waals surface area contributed by atoms with Gasteiger partial charge in [-0.25, -0.2) is 4.98 Å². The Morgan fingerprint density at radius 2 is 2.16 bits per heavy atom. The van der Waals surface area contributed by atoms with Gasteiger partial charge in [0.15, 0.2) is 0 Å². The van der Waals surface area contributed by atoms with Crippen LogP contribution in [0.2, 0.25) is 0 Å². The lowest BCUT2D eigenvalue weighted by atomic mass is 10.1. The summed E-state index contributed by atoms with van der Waals surface area (Å²) in [5.74, 6) is 0.759. The van der Waals surface area contributed by atoms with Crippen LogP contribution in [0, 0.1) is 5.92 Å². The van der Waals surface area contributed by atoms with Gasteiger partial charge in [0.05, 0.1) is 0 Å². The number of nitrogens with zero attached hydrogens (tertiary/aromatic N) is 4. The molecule has 0 amide bonds. The van der Waals surface area contributed by atoms with Crippen molar-refractivity contribution in [2.75, 3.05) is 48.3 Å². The number of carboxylic acid groups (broad SMARTS) is 1. The molecule has 3 rings (SSSR count). The van der Waals surface area contributed by atoms with E-state index in [2.05, 4.69) is 44.5 Å². The highest BCUT2D eigenvalue weighted by Gasteiger charge is 2.24. The lowest BCUT2D eigenvalue weighted by Crippen LogP contribution is -2.29. The van der Waals surface area contributed by atoms with Crippen LogP contribution in [-0.2, 0) is 4.79 Å². The Morgan fingerprint density at radius 1 is 1.36 bits per heavy atom. The number of rotatable bonds is 7. The van der Waals surface area contributed by atoms with E-state index in [1.54, 1.807) is 12.3 Å². The van der Waals surface area contributed by atoms with Crippen LogP contribution >= 0.6 is 0 Å². The summed E-state index contributed by atoms with van der Waals surface area (Å²) in [7, 11) is 1.97. The van der Waals surface area contributed by atoms with Crippen molar-refractivity contribution in [3.63, 3.8) is 0 Å². The number of carboxylic acids is 1. The molecule has 0 saturated carbocycles. The molecule has 0 bridgehead atoms. The molecule has 0 spiro atoms. The molecule has 2 N–H and O–H groups in total. The maximum absolute atomic E-state index is 10.6. The smallest absolute Gasteiger partial charge is 0.322 e. The van der Waals surface area contributed by atoms with Gasteiger partial charge < -0.3 is 20.2 Å². The standard InChI is InChI=1S/C18H23N5O2/c1-22(18-19-9-7-16(21-18)20-11-17(24)25)12-14-8-10-23(13-14)15-5-3-2-4-6-15/h2-7,9,14H,8,10-13H2,1H3,(H,24,25)(H,19,20,21). The molecule has 7 heteroatoms. The third kappa shape index (κ3) is 4.59. The SMILES string of the molecule is CN(CC1CCN(c2ccccc2)C1)c1nccc(NCC(=O)O)n1. The van der Waals surface area contributed by atoms with E-state index in [0.717, 1.165) is 26.1 Å². The number of anilines is 3. The minimum atomic E-state index is -0.916. The summed E-state index contributed by atoms with van der Waals surface area (Å²) in [5, 5.41) is 11.5. The minimum absolute atomic E-state index is 0.158. The van der Waals surface area contributed by atoms with Crippen molar-refractivity contribution in [1.82, 2.24) is 9.97 Å². The molecule has 1 aliphatic rings. The van der Waals surface area contributed by atoms with Crippen molar-refractivity contribution in [2.24, 2.45) is 5.92 Å². The first kappa shape index (κ1) is 17.0. The largest absolute Gasteiger partial charge is 0.480 e. The number of benzene rings is 1. The van der Waals surface area contributed by atoms with Crippen LogP contribution in [0.25, 0.3) is 0 Å². The molecule has 1 fully saturated rings. The monoisotopic (exact) mass is 341 g/mol. The molecule has 1 aromatic heterocycles. The lowest BCUT2D eigenvalue weighted by molar-refractivity contribution is -0.134. The number of hydrogen-bond donors (Lipinski definition) is 2. The van der Waals surface area contributed by atoms with E-state index in [9.17, 15) is 4.79 Å². The quantitative estimate of drug-likeness (QED) is 0.796. The molecule has 1 unspecified atom stereocenters. The molecule has 2 aromatic rings. The van der Waals surface area contributed by atoms with Gasteiger partial charge in [-0.2, -0.15) is 4.98 Å². The van der Waals surface area contributed by atoms with Crippen molar-refractivity contribution in [2.45, 2.75) is 6.42 Å². The maximum atomic E-state index is 10.6. The molecular weight excluding hydrogens is 318 g/mol. The van der Waals surface area contributed by atoms with E-state index in [0.29, 0.717) is 17.7 Å². The summed E-state index contributed by atoms with van der Waals surface area (Å²) in [4.78, 5) is 23.8. The third-order valence-corrected chi connectivity index (χ3v) is 4.34. The lowest BCUT2D eigenvalue weighted by Gasteiger charge is -2.22. The van der Waals surface area contributed by atoms with Crippen molar-refractivity contribution < 1.29 is 9.90 Å². The summed E-state index contributed by atoms with van der Waals surface area (Å²) in [6.45, 7) is 2.79. The van der Waals surface area contributed by atoms with Crippen LogP contribution in [0.1, 0.15) is 6.42 Å². The van der Waals surface area contributed by atoms with Crippen LogP contribution in [0.4, 0.5) is 17.5 Å².